The minimum Gasteiger partial charge on any atom is -0.494 e. The third-order valence-electron chi connectivity index (χ3n) is 3.31. The summed E-state index contributed by atoms with van der Waals surface area (Å²) < 4.78 is 43.0. The first-order chi connectivity index (χ1) is 9.05. The fourth-order valence-electron chi connectivity index (χ4n) is 2.25. The van der Waals surface area contributed by atoms with Crippen LogP contribution in [0, 0.1) is 0 Å². The quantitative estimate of drug-likeness (QED) is 0.904. The Balaban J connectivity index is 1.82. The van der Waals surface area contributed by atoms with E-state index in [-0.39, 0.29) is 5.75 Å². The molecule has 1 aromatic rings. The molecule has 1 aliphatic rings. The van der Waals surface area contributed by atoms with Crippen LogP contribution in [-0.4, -0.2) is 19.2 Å². The zero-order chi connectivity index (χ0) is 13.7. The molecule has 0 unspecified atom stereocenters. The van der Waals surface area contributed by atoms with Gasteiger partial charge in [0.25, 0.3) is 0 Å². The lowest BCUT2D eigenvalue weighted by atomic mass is 10.0. The molecule has 5 heteroatoms. The second-order valence-electron chi connectivity index (χ2n) is 4.81. The van der Waals surface area contributed by atoms with Crippen LogP contribution in [-0.2, 0) is 6.18 Å². The second kappa shape index (κ2) is 6.28. The maximum atomic E-state index is 12.5. The fraction of sp³-hybridized carbons (Fsp3) is 0.571. The molecule has 0 amide bonds. The average Bonchev–Trinajstić information content (AvgIpc) is 2.39. The molecule has 0 aliphatic carbocycles. The number of hydrogen-bond donors (Lipinski definition) is 1. The lowest BCUT2D eigenvalue weighted by Gasteiger charge is -2.23. The number of benzene rings is 1. The highest BCUT2D eigenvalue weighted by Gasteiger charge is 2.30. The van der Waals surface area contributed by atoms with Gasteiger partial charge in [0, 0.05) is 6.04 Å². The van der Waals surface area contributed by atoms with Crippen LogP contribution in [0.4, 0.5) is 13.2 Å². The molecule has 1 heterocycles. The van der Waals surface area contributed by atoms with E-state index in [4.69, 9.17) is 4.74 Å². The van der Waals surface area contributed by atoms with Gasteiger partial charge in [-0.2, -0.15) is 13.2 Å². The molecule has 0 bridgehead atoms. The lowest BCUT2D eigenvalue weighted by Crippen LogP contribution is -2.35. The summed E-state index contributed by atoms with van der Waals surface area (Å²) in [7, 11) is 0. The largest absolute Gasteiger partial charge is 0.494 e. The molecule has 0 radical (unpaired) electrons. The molecule has 1 atom stereocenters. The van der Waals surface area contributed by atoms with E-state index in [1.807, 2.05) is 0 Å². The number of rotatable bonds is 4. The summed E-state index contributed by atoms with van der Waals surface area (Å²) in [6, 6.07) is 5.46. The molecular weight excluding hydrogens is 255 g/mol. The maximum Gasteiger partial charge on any atom is 0.416 e. The van der Waals surface area contributed by atoms with Crippen molar-refractivity contribution in [1.82, 2.24) is 5.32 Å². The standard InChI is InChI=1S/C14H18F3NO/c15-14(16,17)11-4-3-6-13(10-11)19-9-7-12-5-1-2-8-18-12/h3-4,6,10,12,18H,1-2,5,7-9H2/t12-/m0/s1. The first kappa shape index (κ1) is 14.2. The molecule has 1 N–H and O–H groups in total. The minimum atomic E-state index is -4.32. The highest BCUT2D eigenvalue weighted by Crippen LogP contribution is 2.31. The number of ether oxygens (including phenoxy) is 1. The van der Waals surface area contributed by atoms with Crippen molar-refractivity contribution in [3.63, 3.8) is 0 Å². The minimum absolute atomic E-state index is 0.283. The fourth-order valence-corrected chi connectivity index (χ4v) is 2.25. The Morgan fingerprint density at radius 1 is 1.26 bits per heavy atom. The van der Waals surface area contributed by atoms with Crippen molar-refractivity contribution in [3.8, 4) is 5.75 Å². The van der Waals surface area contributed by atoms with Crippen LogP contribution in [0.2, 0.25) is 0 Å². The van der Waals surface area contributed by atoms with Crippen LogP contribution in [0.3, 0.4) is 0 Å². The van der Waals surface area contributed by atoms with E-state index in [0.29, 0.717) is 12.6 Å². The van der Waals surface area contributed by atoms with Crippen molar-refractivity contribution in [3.05, 3.63) is 29.8 Å². The molecular formula is C14H18F3NO. The monoisotopic (exact) mass is 273 g/mol. The molecule has 0 aromatic heterocycles. The average molecular weight is 273 g/mol. The smallest absolute Gasteiger partial charge is 0.416 e. The van der Waals surface area contributed by atoms with Crippen LogP contribution >= 0.6 is 0 Å². The Hall–Kier alpha value is -1.23. The van der Waals surface area contributed by atoms with Gasteiger partial charge in [0.15, 0.2) is 0 Å². The van der Waals surface area contributed by atoms with Gasteiger partial charge in [-0.15, -0.1) is 0 Å². The van der Waals surface area contributed by atoms with Gasteiger partial charge in [-0.05, 0) is 44.0 Å². The maximum absolute atomic E-state index is 12.5. The number of halogens is 3. The summed E-state index contributed by atoms with van der Waals surface area (Å²) in [4.78, 5) is 0. The Labute approximate surface area is 111 Å². The molecule has 1 aromatic carbocycles. The van der Waals surface area contributed by atoms with E-state index >= 15 is 0 Å². The van der Waals surface area contributed by atoms with Crippen molar-refractivity contribution in [2.45, 2.75) is 37.9 Å². The van der Waals surface area contributed by atoms with Gasteiger partial charge in [-0.25, -0.2) is 0 Å². The first-order valence-corrected chi connectivity index (χ1v) is 6.59. The Morgan fingerprint density at radius 2 is 2.11 bits per heavy atom. The van der Waals surface area contributed by atoms with Crippen LogP contribution in [0.1, 0.15) is 31.2 Å². The van der Waals surface area contributed by atoms with Gasteiger partial charge < -0.3 is 10.1 Å². The van der Waals surface area contributed by atoms with E-state index in [2.05, 4.69) is 5.32 Å². The van der Waals surface area contributed by atoms with Gasteiger partial charge in [-0.1, -0.05) is 12.5 Å². The molecule has 1 aliphatic heterocycles. The molecule has 0 spiro atoms. The summed E-state index contributed by atoms with van der Waals surface area (Å²) in [6.07, 6.45) is 0.0404. The van der Waals surface area contributed by atoms with E-state index in [9.17, 15) is 13.2 Å². The van der Waals surface area contributed by atoms with E-state index in [1.54, 1.807) is 6.07 Å². The summed E-state index contributed by atoms with van der Waals surface area (Å²) in [5.41, 5.74) is -0.666. The normalized spacial score (nSPS) is 20.3. The van der Waals surface area contributed by atoms with E-state index < -0.39 is 11.7 Å². The van der Waals surface area contributed by atoms with Gasteiger partial charge >= 0.3 is 6.18 Å². The molecule has 106 valence electrons. The topological polar surface area (TPSA) is 21.3 Å². The van der Waals surface area contributed by atoms with Gasteiger partial charge in [0.05, 0.1) is 12.2 Å². The van der Waals surface area contributed by atoms with E-state index in [0.717, 1.165) is 31.5 Å². The highest BCUT2D eigenvalue weighted by molar-refractivity contribution is 5.30. The summed E-state index contributed by atoms with van der Waals surface area (Å²) in [6.45, 7) is 1.47. The van der Waals surface area contributed by atoms with Gasteiger partial charge in [0.2, 0.25) is 0 Å². The molecule has 0 saturated carbocycles. The number of alkyl halides is 3. The molecule has 19 heavy (non-hydrogen) atoms. The predicted octanol–water partition coefficient (Wildman–Crippen LogP) is 3.62. The molecule has 1 fully saturated rings. The van der Waals surface area contributed by atoms with Crippen LogP contribution in [0.25, 0.3) is 0 Å². The van der Waals surface area contributed by atoms with Crippen molar-refractivity contribution in [1.29, 1.82) is 0 Å². The zero-order valence-corrected chi connectivity index (χ0v) is 10.7. The van der Waals surface area contributed by atoms with Gasteiger partial charge in [0.1, 0.15) is 5.75 Å². The van der Waals surface area contributed by atoms with Crippen molar-refractivity contribution in [2.75, 3.05) is 13.2 Å². The molecule has 2 nitrogen and oxygen atoms in total. The molecule has 1 saturated heterocycles. The number of nitrogens with one attached hydrogen (secondary N) is 1. The lowest BCUT2D eigenvalue weighted by molar-refractivity contribution is -0.137. The SMILES string of the molecule is FC(F)(F)c1cccc(OCC[C@@H]2CCCCN2)c1. The first-order valence-electron chi connectivity index (χ1n) is 6.59. The van der Waals surface area contributed by atoms with Crippen LogP contribution < -0.4 is 10.1 Å². The van der Waals surface area contributed by atoms with Gasteiger partial charge in [-0.3, -0.25) is 0 Å². The molecule has 2 rings (SSSR count). The van der Waals surface area contributed by atoms with Crippen molar-refractivity contribution in [2.24, 2.45) is 0 Å². The predicted molar refractivity (Wildman–Crippen MR) is 67.2 cm³/mol. The van der Waals surface area contributed by atoms with Crippen LogP contribution in [0.15, 0.2) is 24.3 Å². The third-order valence-corrected chi connectivity index (χ3v) is 3.31. The Bertz CT molecular complexity index is 400. The Kier molecular flexibility index (Phi) is 4.69. The second-order valence-corrected chi connectivity index (χ2v) is 4.81. The van der Waals surface area contributed by atoms with Crippen molar-refractivity contribution >= 4 is 0 Å². The van der Waals surface area contributed by atoms with Crippen molar-refractivity contribution < 1.29 is 17.9 Å². The summed E-state index contributed by atoms with van der Waals surface area (Å²) >= 11 is 0. The van der Waals surface area contributed by atoms with E-state index in [1.165, 1.54) is 18.9 Å². The Morgan fingerprint density at radius 3 is 2.79 bits per heavy atom. The number of hydrogen-bond acceptors (Lipinski definition) is 2. The number of piperidine rings is 1. The van der Waals surface area contributed by atoms with Crippen LogP contribution in [0.5, 0.6) is 5.75 Å². The zero-order valence-electron chi connectivity index (χ0n) is 10.7. The summed E-state index contributed by atoms with van der Waals surface area (Å²) in [5.74, 6) is 0.283. The third kappa shape index (κ3) is 4.42. The highest BCUT2D eigenvalue weighted by atomic mass is 19.4. The summed E-state index contributed by atoms with van der Waals surface area (Å²) in [5, 5.41) is 3.38.